The van der Waals surface area contributed by atoms with Crippen molar-refractivity contribution in [3.8, 4) is 33.6 Å². The molecule has 0 atom stereocenters. The van der Waals surface area contributed by atoms with Gasteiger partial charge in [-0.2, -0.15) is 0 Å². The molecule has 1 aliphatic rings. The molecule has 0 bridgehead atoms. The number of hydrogen-bond donors (Lipinski definition) is 0. The van der Waals surface area contributed by atoms with Crippen molar-refractivity contribution in [2.24, 2.45) is 0 Å². The summed E-state index contributed by atoms with van der Waals surface area (Å²) in [5, 5.41) is 0. The van der Waals surface area contributed by atoms with Crippen LogP contribution in [0, 0.1) is 12.1 Å². The molecule has 0 N–H and O–H groups in total. The fraction of sp³-hybridized carbons (Fsp3) is 0.150. The zero-order valence-corrected chi connectivity index (χ0v) is 27.3. The minimum Gasteiger partial charge on any atom is -0.305 e. The summed E-state index contributed by atoms with van der Waals surface area (Å²) in [5.41, 5.74) is 12.0. The maximum Gasteiger partial charge on any atom is 0.0160 e. The molecule has 1 radical (unpaired) electrons. The second kappa shape index (κ2) is 12.6. The molecule has 43 heavy (non-hydrogen) atoms. The fourth-order valence-electron chi connectivity index (χ4n) is 6.18. The molecule has 2 aromatic heterocycles. The van der Waals surface area contributed by atoms with E-state index >= 15 is 0 Å². The molecule has 1 aliphatic carbocycles. The molecule has 0 spiro atoms. The largest absolute Gasteiger partial charge is 0.305 e. The van der Waals surface area contributed by atoms with Crippen LogP contribution in [0.2, 0.25) is 0 Å². The van der Waals surface area contributed by atoms with Crippen LogP contribution in [0.5, 0.6) is 0 Å². The molecule has 0 aliphatic heterocycles. The molecule has 2 nitrogen and oxygen atoms in total. The first-order valence-corrected chi connectivity index (χ1v) is 14.4. The van der Waals surface area contributed by atoms with Gasteiger partial charge in [-0.15, -0.1) is 70.3 Å². The van der Waals surface area contributed by atoms with Crippen molar-refractivity contribution in [2.75, 3.05) is 0 Å². The van der Waals surface area contributed by atoms with E-state index in [1.807, 2.05) is 60.8 Å². The molecular formula is C40H34IrN2-2. The van der Waals surface area contributed by atoms with Crippen molar-refractivity contribution < 1.29 is 20.1 Å². The summed E-state index contributed by atoms with van der Waals surface area (Å²) in [6.07, 6.45) is 3.66. The Morgan fingerprint density at radius 1 is 0.512 bits per heavy atom. The third-order valence-corrected chi connectivity index (χ3v) is 8.34. The molecular weight excluding hydrogens is 701 g/mol. The van der Waals surface area contributed by atoms with E-state index in [1.165, 1.54) is 33.4 Å². The van der Waals surface area contributed by atoms with E-state index in [0.717, 1.165) is 22.5 Å². The summed E-state index contributed by atoms with van der Waals surface area (Å²) in [5.74, 6) is 0. The minimum atomic E-state index is -0.0773. The summed E-state index contributed by atoms with van der Waals surface area (Å²) in [6, 6.07) is 48.3. The van der Waals surface area contributed by atoms with Gasteiger partial charge in [-0.1, -0.05) is 107 Å². The summed E-state index contributed by atoms with van der Waals surface area (Å²) in [6.45, 7) is 9.28. The second-order valence-corrected chi connectivity index (χ2v) is 11.7. The van der Waals surface area contributed by atoms with E-state index in [4.69, 9.17) is 0 Å². The van der Waals surface area contributed by atoms with Gasteiger partial charge in [-0.3, -0.25) is 0 Å². The van der Waals surface area contributed by atoms with Crippen LogP contribution < -0.4 is 0 Å². The quantitative estimate of drug-likeness (QED) is 0.169. The normalized spacial score (nSPS) is 13.8. The molecule has 7 rings (SSSR count). The van der Waals surface area contributed by atoms with Crippen LogP contribution >= 0.6 is 0 Å². The molecule has 0 saturated carbocycles. The Morgan fingerprint density at radius 2 is 1.09 bits per heavy atom. The predicted octanol–water partition coefficient (Wildman–Crippen LogP) is 9.73. The van der Waals surface area contributed by atoms with E-state index in [1.54, 1.807) is 6.20 Å². The van der Waals surface area contributed by atoms with Crippen LogP contribution in [-0.4, -0.2) is 9.97 Å². The van der Waals surface area contributed by atoms with Gasteiger partial charge in [0, 0.05) is 32.5 Å². The molecule has 3 heteroatoms. The molecule has 215 valence electrons. The summed E-state index contributed by atoms with van der Waals surface area (Å²) < 4.78 is 0. The van der Waals surface area contributed by atoms with Gasteiger partial charge in [0.05, 0.1) is 0 Å². The Hall–Kier alpha value is -4.17. The van der Waals surface area contributed by atoms with Gasteiger partial charge in [0.1, 0.15) is 0 Å². The van der Waals surface area contributed by atoms with E-state index in [9.17, 15) is 0 Å². The third-order valence-electron chi connectivity index (χ3n) is 8.34. The Balaban J connectivity index is 0.000000174. The second-order valence-electron chi connectivity index (χ2n) is 11.7. The van der Waals surface area contributed by atoms with Crippen molar-refractivity contribution in [2.45, 2.75) is 38.5 Å². The number of rotatable bonds is 3. The Morgan fingerprint density at radius 3 is 1.74 bits per heavy atom. The van der Waals surface area contributed by atoms with Gasteiger partial charge < -0.3 is 9.97 Å². The predicted molar refractivity (Wildman–Crippen MR) is 173 cm³/mol. The smallest absolute Gasteiger partial charge is 0.0160 e. The van der Waals surface area contributed by atoms with Crippen LogP contribution in [0.1, 0.15) is 49.9 Å². The Kier molecular flexibility index (Phi) is 8.87. The third kappa shape index (κ3) is 5.89. The van der Waals surface area contributed by atoms with Crippen LogP contribution in [0.25, 0.3) is 33.6 Å². The Labute approximate surface area is 269 Å². The van der Waals surface area contributed by atoms with Crippen LogP contribution in [0.4, 0.5) is 0 Å². The molecule has 4 aromatic carbocycles. The van der Waals surface area contributed by atoms with Crippen molar-refractivity contribution in [3.05, 3.63) is 168 Å². The molecule has 0 unspecified atom stereocenters. The van der Waals surface area contributed by atoms with Crippen LogP contribution in [0.15, 0.2) is 134 Å². The summed E-state index contributed by atoms with van der Waals surface area (Å²) >= 11 is 0. The van der Waals surface area contributed by atoms with Gasteiger partial charge in [-0.05, 0) is 51.0 Å². The molecule has 6 aromatic rings. The van der Waals surface area contributed by atoms with Gasteiger partial charge in [0.2, 0.25) is 0 Å². The van der Waals surface area contributed by atoms with Crippen molar-refractivity contribution in [1.29, 1.82) is 0 Å². The van der Waals surface area contributed by atoms with E-state index in [2.05, 4.69) is 117 Å². The van der Waals surface area contributed by atoms with Crippen molar-refractivity contribution >= 4 is 0 Å². The van der Waals surface area contributed by atoms with Crippen molar-refractivity contribution in [3.63, 3.8) is 0 Å². The first-order valence-electron chi connectivity index (χ1n) is 14.4. The molecule has 0 amide bonds. The average molecular weight is 735 g/mol. The maximum atomic E-state index is 4.60. The average Bonchev–Trinajstić information content (AvgIpc) is 3.05. The topological polar surface area (TPSA) is 25.8 Å². The van der Waals surface area contributed by atoms with Gasteiger partial charge >= 0.3 is 0 Å². The van der Waals surface area contributed by atoms with E-state index in [0.29, 0.717) is 0 Å². The first-order chi connectivity index (χ1) is 20.4. The standard InChI is InChI=1S/C23H22N.C17H12N.Ir/c1-22(2)17-11-5-6-12-18(17)23(3,4)21-16(10-9-13-19(21)22)20-14-7-8-15-24-20;1-2-7-14(8-3-1)15-9-6-10-16(13-15)17-11-4-5-12-18-17;/h5-9,11-15H,1-4H3;1-9,11-13H;/q2*-1;. The number of pyridine rings is 2. The van der Waals surface area contributed by atoms with Crippen molar-refractivity contribution in [1.82, 2.24) is 9.97 Å². The number of benzene rings is 4. The number of nitrogens with zero attached hydrogens (tertiary/aromatic N) is 2. The number of aromatic nitrogens is 2. The maximum absolute atomic E-state index is 4.60. The van der Waals surface area contributed by atoms with Gasteiger partial charge in [-0.25, -0.2) is 0 Å². The van der Waals surface area contributed by atoms with E-state index in [-0.39, 0.29) is 30.9 Å². The number of fused-ring (bicyclic) bond motifs is 2. The van der Waals surface area contributed by atoms with Crippen LogP contribution in [-0.2, 0) is 30.9 Å². The molecule has 2 heterocycles. The van der Waals surface area contributed by atoms with Crippen LogP contribution in [0.3, 0.4) is 0 Å². The zero-order chi connectivity index (χ0) is 29.2. The van der Waals surface area contributed by atoms with Gasteiger partial charge in [0.25, 0.3) is 0 Å². The molecule has 0 saturated heterocycles. The minimum absolute atomic E-state index is 0. The molecule has 0 fully saturated rings. The Bertz CT molecular complexity index is 1760. The summed E-state index contributed by atoms with van der Waals surface area (Å²) in [7, 11) is 0. The number of hydrogen-bond acceptors (Lipinski definition) is 2. The van der Waals surface area contributed by atoms with Gasteiger partial charge in [0.15, 0.2) is 0 Å². The summed E-state index contributed by atoms with van der Waals surface area (Å²) in [4.78, 5) is 8.95. The zero-order valence-electron chi connectivity index (χ0n) is 24.9. The monoisotopic (exact) mass is 735 g/mol. The SMILES string of the molecule is CC1(C)c2ccccc2C(C)(C)c2c(-c3ccccn3)[c-]ccc21.[Ir].[c-]1ccc(-c2ccccc2)cc1-c1ccccn1. The first kappa shape index (κ1) is 30.3. The fourth-order valence-corrected chi connectivity index (χ4v) is 6.18. The van der Waals surface area contributed by atoms with E-state index < -0.39 is 0 Å².